The van der Waals surface area contributed by atoms with Gasteiger partial charge in [-0.05, 0) is 41.7 Å². The van der Waals surface area contributed by atoms with Crippen LogP contribution in [-0.2, 0) is 24.2 Å². The van der Waals surface area contributed by atoms with Crippen LogP contribution in [0.4, 0.5) is 0 Å². The van der Waals surface area contributed by atoms with Gasteiger partial charge >= 0.3 is 0 Å². The van der Waals surface area contributed by atoms with Crippen LogP contribution in [0.5, 0.6) is 11.5 Å². The lowest BCUT2D eigenvalue weighted by Gasteiger charge is -2.33. The van der Waals surface area contributed by atoms with Crippen LogP contribution in [0.2, 0.25) is 0 Å². The van der Waals surface area contributed by atoms with Crippen LogP contribution in [0.15, 0.2) is 42.5 Å². The molecule has 1 fully saturated rings. The van der Waals surface area contributed by atoms with Gasteiger partial charge in [-0.2, -0.15) is 0 Å². The summed E-state index contributed by atoms with van der Waals surface area (Å²) in [6, 6.07) is 15.0. The number of amides is 1. The molecule has 27 heavy (non-hydrogen) atoms. The van der Waals surface area contributed by atoms with Crippen LogP contribution in [0.3, 0.4) is 0 Å². The van der Waals surface area contributed by atoms with Crippen LogP contribution < -0.4 is 9.47 Å². The number of hydrogen-bond acceptors (Lipinski definition) is 4. The second-order valence-electron chi connectivity index (χ2n) is 7.64. The molecular weight excluding hydrogens is 340 g/mol. The fraction of sp³-hybridized carbons (Fsp3) is 0.409. The second-order valence-corrected chi connectivity index (χ2v) is 7.64. The molecule has 0 aliphatic carbocycles. The first-order valence-electron chi connectivity index (χ1n) is 9.73. The van der Waals surface area contributed by atoms with E-state index in [2.05, 4.69) is 29.2 Å². The first-order valence-corrected chi connectivity index (χ1v) is 9.73. The van der Waals surface area contributed by atoms with E-state index in [4.69, 9.17) is 9.47 Å². The first kappa shape index (κ1) is 16.6. The van der Waals surface area contributed by atoms with Gasteiger partial charge in [0.05, 0.1) is 6.42 Å². The highest BCUT2D eigenvalue weighted by Crippen LogP contribution is 2.33. The van der Waals surface area contributed by atoms with Crippen molar-refractivity contribution in [2.75, 3.05) is 26.4 Å². The Labute approximate surface area is 159 Å². The fourth-order valence-electron chi connectivity index (χ4n) is 4.43. The molecule has 0 bridgehead atoms. The fourth-order valence-corrected chi connectivity index (χ4v) is 4.43. The highest BCUT2D eigenvalue weighted by atomic mass is 16.7. The summed E-state index contributed by atoms with van der Waals surface area (Å²) in [5, 5.41) is 0. The maximum atomic E-state index is 12.8. The Morgan fingerprint density at radius 3 is 2.81 bits per heavy atom. The Bertz CT molecular complexity index is 866. The zero-order valence-electron chi connectivity index (χ0n) is 15.4. The monoisotopic (exact) mass is 364 g/mol. The molecule has 1 amide bonds. The maximum Gasteiger partial charge on any atom is 0.231 e. The molecule has 0 saturated carbocycles. The topological polar surface area (TPSA) is 42.0 Å². The van der Waals surface area contributed by atoms with E-state index < -0.39 is 0 Å². The van der Waals surface area contributed by atoms with Crippen molar-refractivity contribution < 1.29 is 14.3 Å². The summed E-state index contributed by atoms with van der Waals surface area (Å²) in [6.07, 6.45) is 2.60. The van der Waals surface area contributed by atoms with Gasteiger partial charge in [0.15, 0.2) is 11.5 Å². The third kappa shape index (κ3) is 3.28. The molecule has 3 aliphatic rings. The van der Waals surface area contributed by atoms with E-state index in [1.54, 1.807) is 0 Å². The van der Waals surface area contributed by atoms with Crippen molar-refractivity contribution >= 4 is 5.91 Å². The largest absolute Gasteiger partial charge is 0.454 e. The lowest BCUT2D eigenvalue weighted by Crippen LogP contribution is -2.41. The smallest absolute Gasteiger partial charge is 0.231 e. The van der Waals surface area contributed by atoms with Crippen molar-refractivity contribution in [2.45, 2.75) is 31.8 Å². The average Bonchev–Trinajstić information content (AvgIpc) is 3.37. The van der Waals surface area contributed by atoms with Crippen molar-refractivity contribution in [1.82, 2.24) is 9.80 Å². The lowest BCUT2D eigenvalue weighted by molar-refractivity contribution is -0.129. The molecule has 1 saturated heterocycles. The zero-order chi connectivity index (χ0) is 18.2. The van der Waals surface area contributed by atoms with Crippen LogP contribution in [0.25, 0.3) is 0 Å². The Kier molecular flexibility index (Phi) is 4.24. The van der Waals surface area contributed by atoms with E-state index in [9.17, 15) is 4.79 Å². The van der Waals surface area contributed by atoms with Crippen LogP contribution >= 0.6 is 0 Å². The van der Waals surface area contributed by atoms with Gasteiger partial charge in [-0.15, -0.1) is 0 Å². The standard InChI is InChI=1S/C22H24N2O3/c25-22(12-16-5-6-20-21(11-16)27-15-26-20)24-10-8-19(14-24)23-9-7-17-3-1-2-4-18(17)13-23/h1-6,11,19H,7-10,12-15H2. The molecule has 3 heterocycles. The van der Waals surface area contributed by atoms with Crippen molar-refractivity contribution in [2.24, 2.45) is 0 Å². The van der Waals surface area contributed by atoms with Crippen LogP contribution in [0.1, 0.15) is 23.1 Å². The van der Waals surface area contributed by atoms with E-state index >= 15 is 0 Å². The number of carbonyl (C=O) groups is 1. The Balaban J connectivity index is 1.20. The summed E-state index contributed by atoms with van der Waals surface area (Å²) in [5.74, 6) is 1.71. The molecular formula is C22H24N2O3. The van der Waals surface area contributed by atoms with Crippen molar-refractivity contribution in [3.63, 3.8) is 0 Å². The third-order valence-electron chi connectivity index (χ3n) is 5.98. The predicted octanol–water partition coefficient (Wildman–Crippen LogP) is 2.62. The molecule has 5 rings (SSSR count). The normalized spacial score (nSPS) is 21.3. The molecule has 2 aromatic rings. The zero-order valence-corrected chi connectivity index (χ0v) is 15.4. The summed E-state index contributed by atoms with van der Waals surface area (Å²) in [6.45, 7) is 4.05. The molecule has 0 aromatic heterocycles. The van der Waals surface area contributed by atoms with Gasteiger partial charge in [-0.1, -0.05) is 30.3 Å². The average molecular weight is 364 g/mol. The van der Waals surface area contributed by atoms with E-state index in [1.165, 1.54) is 11.1 Å². The second kappa shape index (κ2) is 6.89. The number of hydrogen-bond donors (Lipinski definition) is 0. The molecule has 3 aliphatic heterocycles. The summed E-state index contributed by atoms with van der Waals surface area (Å²) in [7, 11) is 0. The van der Waals surface area contributed by atoms with E-state index in [1.807, 2.05) is 23.1 Å². The molecule has 140 valence electrons. The minimum absolute atomic E-state index is 0.203. The summed E-state index contributed by atoms with van der Waals surface area (Å²) in [5.41, 5.74) is 3.90. The van der Waals surface area contributed by atoms with Gasteiger partial charge in [0.25, 0.3) is 0 Å². The SMILES string of the molecule is O=C(Cc1ccc2c(c1)OCO2)N1CCC(N2CCc3ccccc3C2)C1. The van der Waals surface area contributed by atoms with Crippen LogP contribution in [0, 0.1) is 0 Å². The Hall–Kier alpha value is -2.53. The number of ether oxygens (including phenoxy) is 2. The molecule has 2 aromatic carbocycles. The minimum atomic E-state index is 0.203. The molecule has 5 nitrogen and oxygen atoms in total. The highest BCUT2D eigenvalue weighted by molar-refractivity contribution is 5.79. The number of rotatable bonds is 3. The maximum absolute atomic E-state index is 12.8. The molecule has 0 radical (unpaired) electrons. The van der Waals surface area contributed by atoms with Gasteiger partial charge in [0.1, 0.15) is 0 Å². The van der Waals surface area contributed by atoms with Gasteiger partial charge in [0, 0.05) is 32.2 Å². The summed E-state index contributed by atoms with van der Waals surface area (Å²) >= 11 is 0. The Morgan fingerprint density at radius 2 is 1.89 bits per heavy atom. The minimum Gasteiger partial charge on any atom is -0.454 e. The van der Waals surface area contributed by atoms with Crippen molar-refractivity contribution in [3.05, 3.63) is 59.2 Å². The predicted molar refractivity (Wildman–Crippen MR) is 102 cm³/mol. The molecule has 1 atom stereocenters. The quantitative estimate of drug-likeness (QED) is 0.840. The van der Waals surface area contributed by atoms with Gasteiger partial charge < -0.3 is 14.4 Å². The highest BCUT2D eigenvalue weighted by Gasteiger charge is 2.32. The van der Waals surface area contributed by atoms with Crippen molar-refractivity contribution in [1.29, 1.82) is 0 Å². The molecule has 5 heteroatoms. The van der Waals surface area contributed by atoms with E-state index in [0.29, 0.717) is 12.5 Å². The molecule has 1 unspecified atom stereocenters. The van der Waals surface area contributed by atoms with E-state index in [0.717, 1.165) is 56.1 Å². The number of nitrogens with zero attached hydrogens (tertiary/aromatic N) is 2. The number of carbonyl (C=O) groups excluding carboxylic acids is 1. The summed E-state index contributed by atoms with van der Waals surface area (Å²) in [4.78, 5) is 17.4. The summed E-state index contributed by atoms with van der Waals surface area (Å²) < 4.78 is 10.8. The third-order valence-corrected chi connectivity index (χ3v) is 5.98. The number of benzene rings is 2. The molecule has 0 N–H and O–H groups in total. The van der Waals surface area contributed by atoms with Gasteiger partial charge in [-0.3, -0.25) is 9.69 Å². The first-order chi connectivity index (χ1) is 13.3. The van der Waals surface area contributed by atoms with Crippen molar-refractivity contribution in [3.8, 4) is 11.5 Å². The Morgan fingerprint density at radius 1 is 1.04 bits per heavy atom. The van der Waals surface area contributed by atoms with Crippen LogP contribution in [-0.4, -0.2) is 48.2 Å². The number of likely N-dealkylation sites (tertiary alicyclic amines) is 1. The lowest BCUT2D eigenvalue weighted by atomic mass is 9.98. The molecule has 0 spiro atoms. The number of fused-ring (bicyclic) bond motifs is 2. The van der Waals surface area contributed by atoms with Gasteiger partial charge in [0.2, 0.25) is 12.7 Å². The van der Waals surface area contributed by atoms with Gasteiger partial charge in [-0.25, -0.2) is 0 Å². The van der Waals surface area contributed by atoms with E-state index in [-0.39, 0.29) is 12.7 Å².